The number of aromatic nitrogens is 1. The van der Waals surface area contributed by atoms with Gasteiger partial charge in [-0.3, -0.25) is 4.98 Å². The highest BCUT2D eigenvalue weighted by Crippen LogP contribution is 2.21. The lowest BCUT2D eigenvalue weighted by atomic mass is 10.2. The number of ether oxygens (including phenoxy) is 3. The van der Waals surface area contributed by atoms with Gasteiger partial charge in [0.2, 0.25) is 6.29 Å². The Balaban J connectivity index is 1.45. The number of carbonyl (C=O) groups is 1. The smallest absolute Gasteiger partial charge is 0.335 e. The summed E-state index contributed by atoms with van der Waals surface area (Å²) >= 11 is 0. The SMILES string of the molecule is O=C(O)c1ccnc(/C(COc2ccc(N3CCOCC3)cc2)=N/OC2CCCCO2)c1. The fourth-order valence-corrected chi connectivity index (χ4v) is 3.51. The first-order chi connectivity index (χ1) is 15.7. The molecule has 2 aromatic rings. The third-order valence-corrected chi connectivity index (χ3v) is 5.31. The summed E-state index contributed by atoms with van der Waals surface area (Å²) in [5.74, 6) is -0.373. The fraction of sp³-hybridized carbons (Fsp3) is 0.435. The summed E-state index contributed by atoms with van der Waals surface area (Å²) in [6.07, 6.45) is 3.77. The van der Waals surface area contributed by atoms with Crippen LogP contribution in [0.2, 0.25) is 0 Å². The van der Waals surface area contributed by atoms with E-state index in [1.54, 1.807) is 0 Å². The van der Waals surface area contributed by atoms with Crippen LogP contribution in [-0.2, 0) is 14.3 Å². The van der Waals surface area contributed by atoms with Gasteiger partial charge in [-0.15, -0.1) is 0 Å². The van der Waals surface area contributed by atoms with Crippen LogP contribution in [0.5, 0.6) is 5.75 Å². The van der Waals surface area contributed by atoms with Gasteiger partial charge in [-0.1, -0.05) is 5.16 Å². The van der Waals surface area contributed by atoms with Gasteiger partial charge >= 0.3 is 5.97 Å². The number of morpholine rings is 1. The van der Waals surface area contributed by atoms with E-state index < -0.39 is 12.3 Å². The third-order valence-electron chi connectivity index (χ3n) is 5.31. The molecule has 0 bridgehead atoms. The number of aromatic carboxylic acids is 1. The topological polar surface area (TPSA) is 103 Å². The van der Waals surface area contributed by atoms with Crippen LogP contribution in [0.15, 0.2) is 47.8 Å². The van der Waals surface area contributed by atoms with E-state index in [2.05, 4.69) is 15.0 Å². The van der Waals surface area contributed by atoms with Gasteiger partial charge in [0.05, 0.1) is 31.1 Å². The van der Waals surface area contributed by atoms with Crippen LogP contribution in [0, 0.1) is 0 Å². The quantitative estimate of drug-likeness (QED) is 0.493. The predicted octanol–water partition coefficient (Wildman–Crippen LogP) is 2.94. The highest BCUT2D eigenvalue weighted by Gasteiger charge is 2.17. The molecule has 0 aliphatic carbocycles. The van der Waals surface area contributed by atoms with Crippen molar-refractivity contribution in [2.75, 3.05) is 44.4 Å². The van der Waals surface area contributed by atoms with Crippen LogP contribution in [0.1, 0.15) is 35.3 Å². The number of nitrogens with zero attached hydrogens (tertiary/aromatic N) is 3. The summed E-state index contributed by atoms with van der Waals surface area (Å²) in [4.78, 5) is 23.5. The lowest BCUT2D eigenvalue weighted by Gasteiger charge is -2.28. The highest BCUT2D eigenvalue weighted by molar-refractivity contribution is 6.01. The number of hydrogen-bond acceptors (Lipinski definition) is 8. The second kappa shape index (κ2) is 10.9. The van der Waals surface area contributed by atoms with Crippen LogP contribution in [0.3, 0.4) is 0 Å². The van der Waals surface area contributed by atoms with E-state index in [0.29, 0.717) is 23.8 Å². The molecule has 2 aliphatic heterocycles. The molecule has 1 aromatic carbocycles. The Kier molecular flexibility index (Phi) is 7.52. The molecule has 4 rings (SSSR count). The summed E-state index contributed by atoms with van der Waals surface area (Å²) in [6, 6.07) is 10.7. The van der Waals surface area contributed by atoms with Gasteiger partial charge in [-0.25, -0.2) is 4.79 Å². The molecule has 9 heteroatoms. The summed E-state index contributed by atoms with van der Waals surface area (Å²) in [5, 5.41) is 13.5. The van der Waals surface area contributed by atoms with E-state index >= 15 is 0 Å². The second-order valence-corrected chi connectivity index (χ2v) is 7.56. The normalized spacial score (nSPS) is 19.4. The Morgan fingerprint density at radius 1 is 1.16 bits per heavy atom. The standard InChI is InChI=1S/C23H27N3O6/c27-23(28)17-8-9-24-20(15-17)21(25-32-22-3-1-2-12-30-22)16-31-19-6-4-18(5-7-19)26-10-13-29-14-11-26/h4-9,15,22H,1-3,10-14,16H2,(H,27,28)/b25-21+. The molecule has 0 amide bonds. The Hall–Kier alpha value is -3.17. The van der Waals surface area contributed by atoms with Crippen LogP contribution < -0.4 is 9.64 Å². The van der Waals surface area contributed by atoms with Crippen LogP contribution in [-0.4, -0.2) is 67.6 Å². The molecule has 1 N–H and O–H groups in total. The second-order valence-electron chi connectivity index (χ2n) is 7.56. The average molecular weight is 441 g/mol. The van der Waals surface area contributed by atoms with Crippen molar-refractivity contribution in [3.63, 3.8) is 0 Å². The summed E-state index contributed by atoms with van der Waals surface area (Å²) < 4.78 is 16.9. The van der Waals surface area contributed by atoms with Crippen LogP contribution >= 0.6 is 0 Å². The zero-order valence-electron chi connectivity index (χ0n) is 17.8. The van der Waals surface area contributed by atoms with Gasteiger partial charge in [-0.05, 0) is 49.2 Å². The largest absolute Gasteiger partial charge is 0.487 e. The molecule has 2 saturated heterocycles. The van der Waals surface area contributed by atoms with Crippen molar-refractivity contribution in [3.8, 4) is 5.75 Å². The predicted molar refractivity (Wildman–Crippen MR) is 117 cm³/mol. The fourth-order valence-electron chi connectivity index (χ4n) is 3.51. The Labute approximate surface area is 186 Å². The molecule has 32 heavy (non-hydrogen) atoms. The van der Waals surface area contributed by atoms with Gasteiger partial charge in [0.25, 0.3) is 0 Å². The molecule has 9 nitrogen and oxygen atoms in total. The number of oxime groups is 1. The lowest BCUT2D eigenvalue weighted by molar-refractivity contribution is -0.162. The molecule has 1 unspecified atom stereocenters. The summed E-state index contributed by atoms with van der Waals surface area (Å²) in [6.45, 7) is 3.89. The maximum atomic E-state index is 11.4. The zero-order chi connectivity index (χ0) is 22.2. The zero-order valence-corrected chi connectivity index (χ0v) is 17.8. The van der Waals surface area contributed by atoms with Crippen molar-refractivity contribution in [3.05, 3.63) is 53.9 Å². The monoisotopic (exact) mass is 441 g/mol. The van der Waals surface area contributed by atoms with E-state index in [1.807, 2.05) is 24.3 Å². The first-order valence-corrected chi connectivity index (χ1v) is 10.8. The first kappa shape index (κ1) is 22.0. The summed E-state index contributed by atoms with van der Waals surface area (Å²) in [5.41, 5.74) is 2.00. The van der Waals surface area contributed by atoms with E-state index in [4.69, 9.17) is 19.0 Å². The molecule has 2 aliphatic rings. The molecule has 1 aromatic heterocycles. The average Bonchev–Trinajstić information content (AvgIpc) is 2.85. The lowest BCUT2D eigenvalue weighted by Crippen LogP contribution is -2.36. The van der Waals surface area contributed by atoms with Crippen molar-refractivity contribution in [1.29, 1.82) is 0 Å². The molecule has 2 fully saturated rings. The number of benzene rings is 1. The van der Waals surface area contributed by atoms with Crippen LogP contribution in [0.4, 0.5) is 5.69 Å². The van der Waals surface area contributed by atoms with Crippen molar-refractivity contribution >= 4 is 17.4 Å². The van der Waals surface area contributed by atoms with Gasteiger partial charge in [-0.2, -0.15) is 0 Å². The molecule has 0 saturated carbocycles. The molecular formula is C23H27N3O6. The Morgan fingerprint density at radius 2 is 1.97 bits per heavy atom. The summed E-state index contributed by atoms with van der Waals surface area (Å²) in [7, 11) is 0. The van der Waals surface area contributed by atoms with Gasteiger partial charge in [0.1, 0.15) is 18.1 Å². The number of pyridine rings is 1. The number of hydrogen-bond donors (Lipinski definition) is 1. The molecule has 0 spiro atoms. The molecule has 0 radical (unpaired) electrons. The minimum atomic E-state index is -1.04. The van der Waals surface area contributed by atoms with Gasteiger partial charge in [0.15, 0.2) is 0 Å². The Morgan fingerprint density at radius 3 is 2.69 bits per heavy atom. The van der Waals surface area contributed by atoms with E-state index in [0.717, 1.165) is 51.3 Å². The maximum absolute atomic E-state index is 11.4. The van der Waals surface area contributed by atoms with Gasteiger partial charge < -0.3 is 29.1 Å². The number of carboxylic acid groups (broad SMARTS) is 1. The van der Waals surface area contributed by atoms with Gasteiger partial charge in [0, 0.05) is 31.4 Å². The number of carboxylic acids is 1. The minimum absolute atomic E-state index is 0.0691. The Bertz CT molecular complexity index is 922. The highest BCUT2D eigenvalue weighted by atomic mass is 16.8. The number of anilines is 1. The van der Waals surface area contributed by atoms with Crippen LogP contribution in [0.25, 0.3) is 0 Å². The molecule has 170 valence electrons. The third kappa shape index (κ3) is 5.95. The number of rotatable bonds is 8. The first-order valence-electron chi connectivity index (χ1n) is 10.8. The van der Waals surface area contributed by atoms with Crippen molar-refractivity contribution in [2.45, 2.75) is 25.6 Å². The van der Waals surface area contributed by atoms with E-state index in [1.165, 1.54) is 18.3 Å². The van der Waals surface area contributed by atoms with Crippen molar-refractivity contribution < 1.29 is 28.9 Å². The van der Waals surface area contributed by atoms with E-state index in [9.17, 15) is 9.90 Å². The molecule has 1 atom stereocenters. The molecule has 3 heterocycles. The minimum Gasteiger partial charge on any atom is -0.487 e. The van der Waals surface area contributed by atoms with Crippen molar-refractivity contribution in [1.82, 2.24) is 4.98 Å². The van der Waals surface area contributed by atoms with Crippen molar-refractivity contribution in [2.24, 2.45) is 5.16 Å². The van der Waals surface area contributed by atoms with E-state index in [-0.39, 0.29) is 12.2 Å². The molecular weight excluding hydrogens is 414 g/mol. The maximum Gasteiger partial charge on any atom is 0.335 e.